The predicted molar refractivity (Wildman–Crippen MR) is 73.3 cm³/mol. The molecule has 0 radical (unpaired) electrons. The molecule has 0 saturated carbocycles. The molecule has 94 valence electrons. The molecule has 1 aromatic rings. The zero-order valence-corrected chi connectivity index (χ0v) is 12.1. The summed E-state index contributed by atoms with van der Waals surface area (Å²) >= 11 is 4.74. The van der Waals surface area contributed by atoms with Crippen LogP contribution in [0, 0.1) is 0 Å². The first-order valence-electron chi connectivity index (χ1n) is 5.07. The van der Waals surface area contributed by atoms with Gasteiger partial charge in [-0.15, -0.1) is 0 Å². The maximum Gasteiger partial charge on any atom is 0.270 e. The van der Waals surface area contributed by atoms with Gasteiger partial charge in [0.15, 0.2) is 0 Å². The molecule has 0 aliphatic carbocycles. The number of nitrogens with zero attached hydrogens (tertiary/aromatic N) is 1. The quantitative estimate of drug-likeness (QED) is 0.811. The van der Waals surface area contributed by atoms with Crippen LogP contribution in [0.1, 0.15) is 17.4 Å². The lowest BCUT2D eigenvalue weighted by Crippen LogP contribution is -2.42. The van der Waals surface area contributed by atoms with Crippen molar-refractivity contribution in [2.24, 2.45) is 0 Å². The molecule has 0 aliphatic rings. The number of halogens is 1. The van der Waals surface area contributed by atoms with Crippen LogP contribution in [0.3, 0.4) is 0 Å². The number of rotatable bonds is 5. The van der Waals surface area contributed by atoms with Crippen LogP contribution in [0.5, 0.6) is 0 Å². The van der Waals surface area contributed by atoms with Gasteiger partial charge in [0.1, 0.15) is 10.3 Å². The Balaban J connectivity index is 2.56. The maximum atomic E-state index is 11.7. The average Bonchev–Trinajstić information content (AvgIpc) is 2.26. The second-order valence-electron chi connectivity index (χ2n) is 3.96. The summed E-state index contributed by atoms with van der Waals surface area (Å²) in [5.41, 5.74) is -0.569. The third-order valence-corrected chi connectivity index (χ3v) is 3.39. The highest BCUT2D eigenvalue weighted by Gasteiger charge is 2.21. The first-order valence-corrected chi connectivity index (χ1v) is 7.25. The molecule has 1 aromatic heterocycles. The molecule has 1 amide bonds. The molecule has 1 atom stereocenters. The van der Waals surface area contributed by atoms with E-state index in [0.717, 1.165) is 0 Å². The summed E-state index contributed by atoms with van der Waals surface area (Å²) in [6, 6.07) is 5.12. The molecular formula is C11H15BrN2O2S. The first-order chi connectivity index (χ1) is 7.94. The number of nitrogens with one attached hydrogen (secondary N) is 1. The van der Waals surface area contributed by atoms with E-state index in [-0.39, 0.29) is 12.5 Å². The minimum atomic E-state index is -0.902. The highest BCUT2D eigenvalue weighted by atomic mass is 79.9. The van der Waals surface area contributed by atoms with E-state index in [1.165, 1.54) is 11.8 Å². The molecule has 6 heteroatoms. The standard InChI is InChI=1S/C11H15BrN2O2S/c1-11(16,7-17-2)6-13-10(15)8-4-3-5-9(12)14-8/h3-5,16H,6-7H2,1-2H3,(H,13,15). The first kappa shape index (κ1) is 14.5. The van der Waals surface area contributed by atoms with Gasteiger partial charge in [0, 0.05) is 12.3 Å². The van der Waals surface area contributed by atoms with Crippen LogP contribution in [0.25, 0.3) is 0 Å². The van der Waals surface area contributed by atoms with Crippen molar-refractivity contribution in [3.05, 3.63) is 28.5 Å². The number of carbonyl (C=O) groups excluding carboxylic acids is 1. The molecule has 1 unspecified atom stereocenters. The number of thioether (sulfide) groups is 1. The van der Waals surface area contributed by atoms with Gasteiger partial charge in [-0.3, -0.25) is 4.79 Å². The number of aliphatic hydroxyl groups is 1. The summed E-state index contributed by atoms with van der Waals surface area (Å²) in [6.45, 7) is 1.90. The summed E-state index contributed by atoms with van der Waals surface area (Å²) in [6.07, 6.45) is 1.91. The van der Waals surface area contributed by atoms with E-state index >= 15 is 0 Å². The molecule has 0 aliphatic heterocycles. The Bertz CT molecular complexity index is 399. The lowest BCUT2D eigenvalue weighted by Gasteiger charge is -2.22. The summed E-state index contributed by atoms with van der Waals surface area (Å²) in [4.78, 5) is 15.8. The van der Waals surface area contributed by atoms with Gasteiger partial charge >= 0.3 is 0 Å². The number of carbonyl (C=O) groups is 1. The molecule has 0 aromatic carbocycles. The van der Waals surface area contributed by atoms with Crippen LogP contribution in [0.4, 0.5) is 0 Å². The van der Waals surface area contributed by atoms with Crippen LogP contribution in [0.2, 0.25) is 0 Å². The second kappa shape index (κ2) is 6.37. The third-order valence-electron chi connectivity index (χ3n) is 2.03. The number of pyridine rings is 1. The van der Waals surface area contributed by atoms with Crippen molar-refractivity contribution in [1.29, 1.82) is 0 Å². The fourth-order valence-corrected chi connectivity index (χ4v) is 2.33. The zero-order valence-electron chi connectivity index (χ0n) is 9.74. The molecule has 2 N–H and O–H groups in total. The van der Waals surface area contributed by atoms with Crippen LogP contribution >= 0.6 is 27.7 Å². The van der Waals surface area contributed by atoms with Gasteiger partial charge in [0.2, 0.25) is 0 Å². The molecule has 0 fully saturated rings. The van der Waals surface area contributed by atoms with Gasteiger partial charge in [-0.2, -0.15) is 11.8 Å². The Labute approximate surface area is 113 Å². The lowest BCUT2D eigenvalue weighted by molar-refractivity contribution is 0.0722. The van der Waals surface area contributed by atoms with E-state index in [1.807, 2.05) is 6.26 Å². The van der Waals surface area contributed by atoms with Gasteiger partial charge in [0.05, 0.1) is 5.60 Å². The van der Waals surface area contributed by atoms with Crippen LogP contribution in [-0.4, -0.2) is 40.2 Å². The number of hydrogen-bond acceptors (Lipinski definition) is 4. The third kappa shape index (κ3) is 5.06. The Morgan fingerprint density at radius 1 is 1.65 bits per heavy atom. The summed E-state index contributed by atoms with van der Waals surface area (Å²) < 4.78 is 0.612. The summed E-state index contributed by atoms with van der Waals surface area (Å²) in [5.74, 6) is 0.284. The lowest BCUT2D eigenvalue weighted by atomic mass is 10.1. The van der Waals surface area contributed by atoms with Crippen molar-refractivity contribution in [2.75, 3.05) is 18.6 Å². The van der Waals surface area contributed by atoms with Crippen molar-refractivity contribution in [1.82, 2.24) is 10.3 Å². The molecule has 1 rings (SSSR count). The Kier molecular flexibility index (Phi) is 5.42. The van der Waals surface area contributed by atoms with Gasteiger partial charge in [-0.05, 0) is 41.2 Å². The fourth-order valence-electron chi connectivity index (χ4n) is 1.26. The van der Waals surface area contributed by atoms with Gasteiger partial charge < -0.3 is 10.4 Å². The Morgan fingerprint density at radius 3 is 2.94 bits per heavy atom. The molecule has 1 heterocycles. The average molecular weight is 319 g/mol. The second-order valence-corrected chi connectivity index (χ2v) is 5.64. The number of aromatic nitrogens is 1. The molecule has 17 heavy (non-hydrogen) atoms. The topological polar surface area (TPSA) is 62.2 Å². The van der Waals surface area contributed by atoms with Gasteiger partial charge in [-0.1, -0.05) is 6.07 Å². The van der Waals surface area contributed by atoms with E-state index in [1.54, 1.807) is 25.1 Å². The van der Waals surface area contributed by atoms with E-state index in [0.29, 0.717) is 16.0 Å². The van der Waals surface area contributed by atoms with Crippen LogP contribution in [0.15, 0.2) is 22.8 Å². The summed E-state index contributed by atoms with van der Waals surface area (Å²) in [7, 11) is 0. The summed E-state index contributed by atoms with van der Waals surface area (Å²) in [5, 5.41) is 12.6. The minimum Gasteiger partial charge on any atom is -0.387 e. The van der Waals surface area contributed by atoms with Crippen LogP contribution in [-0.2, 0) is 0 Å². The van der Waals surface area contributed by atoms with E-state index in [4.69, 9.17) is 0 Å². The Hall–Kier alpha value is -0.590. The maximum absolute atomic E-state index is 11.7. The number of hydrogen-bond donors (Lipinski definition) is 2. The molecule has 0 saturated heterocycles. The van der Waals surface area contributed by atoms with Gasteiger partial charge in [-0.25, -0.2) is 4.98 Å². The predicted octanol–water partition coefficient (Wildman–Crippen LogP) is 1.69. The van der Waals surface area contributed by atoms with Crippen molar-refractivity contribution < 1.29 is 9.90 Å². The molecule has 0 bridgehead atoms. The van der Waals surface area contributed by atoms with Gasteiger partial charge in [0.25, 0.3) is 5.91 Å². The fraction of sp³-hybridized carbons (Fsp3) is 0.455. The largest absolute Gasteiger partial charge is 0.387 e. The Morgan fingerprint density at radius 2 is 2.35 bits per heavy atom. The van der Waals surface area contributed by atoms with Crippen LogP contribution < -0.4 is 5.32 Å². The van der Waals surface area contributed by atoms with E-state index in [9.17, 15) is 9.90 Å². The van der Waals surface area contributed by atoms with Crippen molar-refractivity contribution >= 4 is 33.6 Å². The van der Waals surface area contributed by atoms with E-state index < -0.39 is 5.60 Å². The van der Waals surface area contributed by atoms with Crippen molar-refractivity contribution in [2.45, 2.75) is 12.5 Å². The zero-order chi connectivity index (χ0) is 12.9. The molecular weight excluding hydrogens is 304 g/mol. The van der Waals surface area contributed by atoms with Crippen molar-refractivity contribution in [3.8, 4) is 0 Å². The monoisotopic (exact) mass is 318 g/mol. The van der Waals surface area contributed by atoms with Crippen molar-refractivity contribution in [3.63, 3.8) is 0 Å². The smallest absolute Gasteiger partial charge is 0.270 e. The highest BCUT2D eigenvalue weighted by Crippen LogP contribution is 2.10. The SMILES string of the molecule is CSCC(C)(O)CNC(=O)c1cccc(Br)n1. The number of amides is 1. The molecule has 0 spiro atoms. The molecule has 4 nitrogen and oxygen atoms in total. The normalized spacial score (nSPS) is 14.1. The minimum absolute atomic E-state index is 0.209. The highest BCUT2D eigenvalue weighted by molar-refractivity contribution is 9.10. The van der Waals surface area contributed by atoms with E-state index in [2.05, 4.69) is 26.2 Å².